The molecule has 2 rings (SSSR count). The molecule has 0 saturated heterocycles. The van der Waals surface area contributed by atoms with Gasteiger partial charge in [-0.2, -0.15) is 5.26 Å². The summed E-state index contributed by atoms with van der Waals surface area (Å²) in [4.78, 5) is 2.24. The van der Waals surface area contributed by atoms with Gasteiger partial charge in [-0.25, -0.2) is 0 Å². The van der Waals surface area contributed by atoms with E-state index in [-0.39, 0.29) is 0 Å². The highest BCUT2D eigenvalue weighted by Gasteiger charge is 2.20. The lowest BCUT2D eigenvalue weighted by molar-refractivity contribution is 0.321. The van der Waals surface area contributed by atoms with E-state index in [4.69, 9.17) is 0 Å². The molecule has 1 fully saturated rings. The molecule has 0 unspecified atom stereocenters. The molecule has 108 valence electrons. The van der Waals surface area contributed by atoms with E-state index in [0.717, 1.165) is 30.3 Å². The van der Waals surface area contributed by atoms with Crippen LogP contribution in [0.15, 0.2) is 18.2 Å². The van der Waals surface area contributed by atoms with E-state index in [2.05, 4.69) is 49.3 Å². The zero-order valence-electron chi connectivity index (χ0n) is 12.8. The molecule has 0 radical (unpaired) electrons. The van der Waals surface area contributed by atoms with Crippen molar-refractivity contribution in [3.63, 3.8) is 0 Å². The molecule has 0 bridgehead atoms. The van der Waals surface area contributed by atoms with Gasteiger partial charge >= 0.3 is 0 Å². The number of nitriles is 1. The Labute approximate surface area is 122 Å². The molecule has 3 heteroatoms. The highest BCUT2D eigenvalue weighted by Crippen LogP contribution is 2.29. The van der Waals surface area contributed by atoms with Crippen molar-refractivity contribution >= 4 is 5.69 Å². The number of anilines is 1. The molecule has 1 aliphatic rings. The summed E-state index contributed by atoms with van der Waals surface area (Å²) in [5, 5.41) is 12.8. The monoisotopic (exact) mass is 271 g/mol. The van der Waals surface area contributed by atoms with Crippen molar-refractivity contribution in [2.75, 3.05) is 18.5 Å². The summed E-state index contributed by atoms with van der Waals surface area (Å²) in [6.45, 7) is 6.15. The lowest BCUT2D eigenvalue weighted by atomic mass is 9.85. The predicted molar refractivity (Wildman–Crippen MR) is 83.7 cm³/mol. The van der Waals surface area contributed by atoms with Gasteiger partial charge in [-0.3, -0.25) is 0 Å². The molecule has 0 heterocycles. The van der Waals surface area contributed by atoms with Crippen LogP contribution in [0.3, 0.4) is 0 Å². The van der Waals surface area contributed by atoms with E-state index in [0.29, 0.717) is 6.04 Å². The maximum Gasteiger partial charge on any atom is 0.101 e. The van der Waals surface area contributed by atoms with Crippen LogP contribution in [-0.2, 0) is 6.54 Å². The standard InChI is InChI=1S/C17H25N3/c1-13(2)19-11-15-7-8-17(16(9-15)10-18)20(3)12-14-5-4-6-14/h7-9,13-14,19H,4-6,11-12H2,1-3H3. The highest BCUT2D eigenvalue weighted by molar-refractivity contribution is 5.60. The number of nitrogens with zero attached hydrogens (tertiary/aromatic N) is 2. The second-order valence-corrected chi connectivity index (χ2v) is 6.18. The zero-order chi connectivity index (χ0) is 14.5. The van der Waals surface area contributed by atoms with Crippen molar-refractivity contribution in [2.45, 2.75) is 45.7 Å². The molecular formula is C17H25N3. The number of hydrogen-bond donors (Lipinski definition) is 1. The van der Waals surface area contributed by atoms with Crippen LogP contribution in [0.5, 0.6) is 0 Å². The second-order valence-electron chi connectivity index (χ2n) is 6.18. The molecule has 20 heavy (non-hydrogen) atoms. The van der Waals surface area contributed by atoms with Crippen molar-refractivity contribution in [3.05, 3.63) is 29.3 Å². The highest BCUT2D eigenvalue weighted by atomic mass is 15.1. The second kappa shape index (κ2) is 6.76. The Balaban J connectivity index is 2.06. The van der Waals surface area contributed by atoms with Gasteiger partial charge in [-0.15, -0.1) is 0 Å². The van der Waals surface area contributed by atoms with E-state index in [1.807, 2.05) is 6.07 Å². The van der Waals surface area contributed by atoms with Crippen LogP contribution in [0.2, 0.25) is 0 Å². The smallest absolute Gasteiger partial charge is 0.101 e. The average Bonchev–Trinajstić information content (AvgIpc) is 2.39. The van der Waals surface area contributed by atoms with Crippen LogP contribution in [0, 0.1) is 17.2 Å². The third kappa shape index (κ3) is 3.74. The summed E-state index contributed by atoms with van der Waals surface area (Å²) < 4.78 is 0. The lowest BCUT2D eigenvalue weighted by Crippen LogP contribution is -2.29. The Bertz CT molecular complexity index is 483. The molecule has 3 nitrogen and oxygen atoms in total. The minimum absolute atomic E-state index is 0.460. The zero-order valence-corrected chi connectivity index (χ0v) is 12.8. The Morgan fingerprint density at radius 1 is 1.40 bits per heavy atom. The molecule has 0 aromatic heterocycles. The van der Waals surface area contributed by atoms with Gasteiger partial charge in [0.25, 0.3) is 0 Å². The van der Waals surface area contributed by atoms with Gasteiger partial charge < -0.3 is 10.2 Å². The van der Waals surface area contributed by atoms with Crippen LogP contribution in [-0.4, -0.2) is 19.6 Å². The fourth-order valence-corrected chi connectivity index (χ4v) is 2.60. The Kier molecular flexibility index (Phi) is 5.03. The third-order valence-electron chi connectivity index (χ3n) is 4.06. The van der Waals surface area contributed by atoms with Crippen LogP contribution in [0.25, 0.3) is 0 Å². The van der Waals surface area contributed by atoms with Crippen LogP contribution < -0.4 is 10.2 Å². The molecule has 0 amide bonds. The Hall–Kier alpha value is -1.53. The number of rotatable bonds is 6. The molecule has 1 aromatic rings. The molecule has 0 spiro atoms. The molecule has 0 atom stereocenters. The third-order valence-corrected chi connectivity index (χ3v) is 4.06. The SMILES string of the molecule is CC(C)NCc1ccc(N(C)CC2CCC2)c(C#N)c1. The average molecular weight is 271 g/mol. The first-order valence-corrected chi connectivity index (χ1v) is 7.57. The van der Waals surface area contributed by atoms with Crippen LogP contribution in [0.1, 0.15) is 44.2 Å². The summed E-state index contributed by atoms with van der Waals surface area (Å²) in [6.07, 6.45) is 4.04. The Morgan fingerprint density at radius 2 is 2.15 bits per heavy atom. The first-order chi connectivity index (χ1) is 9.60. The summed E-state index contributed by atoms with van der Waals surface area (Å²) in [7, 11) is 2.10. The first kappa shape index (κ1) is 14.9. The fourth-order valence-electron chi connectivity index (χ4n) is 2.60. The van der Waals surface area contributed by atoms with E-state index in [1.54, 1.807) is 0 Å². The Morgan fingerprint density at radius 3 is 2.70 bits per heavy atom. The van der Waals surface area contributed by atoms with Gasteiger partial charge in [-0.1, -0.05) is 26.3 Å². The van der Waals surface area contributed by atoms with E-state index < -0.39 is 0 Å². The van der Waals surface area contributed by atoms with Crippen LogP contribution in [0.4, 0.5) is 5.69 Å². The number of hydrogen-bond acceptors (Lipinski definition) is 3. The minimum atomic E-state index is 0.460. The quantitative estimate of drug-likeness (QED) is 0.863. The molecule has 0 aliphatic heterocycles. The van der Waals surface area contributed by atoms with E-state index in [9.17, 15) is 5.26 Å². The summed E-state index contributed by atoms with van der Waals surface area (Å²) in [5.41, 5.74) is 3.03. The van der Waals surface area contributed by atoms with Crippen molar-refractivity contribution < 1.29 is 0 Å². The van der Waals surface area contributed by atoms with Gasteiger partial charge in [0, 0.05) is 26.2 Å². The molecule has 1 aliphatic carbocycles. The summed E-state index contributed by atoms with van der Waals surface area (Å²) >= 11 is 0. The maximum atomic E-state index is 9.38. The maximum absolute atomic E-state index is 9.38. The molecule has 1 aromatic carbocycles. The van der Waals surface area contributed by atoms with Gasteiger partial charge in [0.15, 0.2) is 0 Å². The van der Waals surface area contributed by atoms with E-state index in [1.165, 1.54) is 24.8 Å². The minimum Gasteiger partial charge on any atom is -0.373 e. The van der Waals surface area contributed by atoms with Gasteiger partial charge in [0.05, 0.1) is 11.3 Å². The first-order valence-electron chi connectivity index (χ1n) is 7.57. The summed E-state index contributed by atoms with van der Waals surface area (Å²) in [6, 6.07) is 9.04. The lowest BCUT2D eigenvalue weighted by Gasteiger charge is -2.31. The summed E-state index contributed by atoms with van der Waals surface area (Å²) in [5.74, 6) is 0.814. The number of nitrogens with one attached hydrogen (secondary N) is 1. The largest absolute Gasteiger partial charge is 0.373 e. The van der Waals surface area contributed by atoms with Crippen molar-refractivity contribution in [1.82, 2.24) is 5.32 Å². The van der Waals surface area contributed by atoms with Crippen LogP contribution >= 0.6 is 0 Å². The van der Waals surface area contributed by atoms with E-state index >= 15 is 0 Å². The number of benzene rings is 1. The molecule has 1 saturated carbocycles. The van der Waals surface area contributed by atoms with Crippen molar-refractivity contribution in [2.24, 2.45) is 5.92 Å². The van der Waals surface area contributed by atoms with Gasteiger partial charge in [0.1, 0.15) is 6.07 Å². The molecular weight excluding hydrogens is 246 g/mol. The van der Waals surface area contributed by atoms with Gasteiger partial charge in [-0.05, 0) is 36.5 Å². The normalized spacial score (nSPS) is 14.9. The predicted octanol–water partition coefficient (Wildman–Crippen LogP) is 3.29. The topological polar surface area (TPSA) is 39.1 Å². The van der Waals surface area contributed by atoms with Crippen molar-refractivity contribution in [3.8, 4) is 6.07 Å². The van der Waals surface area contributed by atoms with Gasteiger partial charge in [0.2, 0.25) is 0 Å². The molecule has 1 N–H and O–H groups in total. The van der Waals surface area contributed by atoms with Crippen molar-refractivity contribution in [1.29, 1.82) is 5.26 Å². The fraction of sp³-hybridized carbons (Fsp3) is 0.588.